The lowest BCUT2D eigenvalue weighted by molar-refractivity contribution is -0.157. The first kappa shape index (κ1) is 31.3. The van der Waals surface area contributed by atoms with Gasteiger partial charge < -0.3 is 28.7 Å². The van der Waals surface area contributed by atoms with Crippen molar-refractivity contribution in [1.29, 1.82) is 0 Å². The van der Waals surface area contributed by atoms with Crippen LogP contribution < -0.4 is 16.0 Å². The molecule has 13 nitrogen and oxygen atoms in total. The number of nitrogens with zero attached hydrogens (tertiary/aromatic N) is 7. The Bertz CT molecular complexity index is 1710. The smallest absolute Gasteiger partial charge is 0.444 e. The van der Waals surface area contributed by atoms with E-state index in [1.807, 2.05) is 25.7 Å². The Morgan fingerprint density at radius 1 is 1.09 bits per heavy atom. The second-order valence-electron chi connectivity index (χ2n) is 12.3. The lowest BCUT2D eigenvalue weighted by Crippen LogP contribution is -2.50. The Labute approximate surface area is 259 Å². The first-order valence-electron chi connectivity index (χ1n) is 14.7. The van der Waals surface area contributed by atoms with Crippen molar-refractivity contribution >= 4 is 18.1 Å². The number of nitrogens with one attached hydrogen (secondary N) is 1. The van der Waals surface area contributed by atoms with Crippen LogP contribution in [0.3, 0.4) is 0 Å². The number of piperazine rings is 1. The molecule has 17 heteroatoms. The van der Waals surface area contributed by atoms with Crippen LogP contribution in [0.4, 0.5) is 28.3 Å². The number of ether oxygens (including phenoxy) is 1. The molecule has 2 atom stereocenters. The molecule has 0 bridgehead atoms. The average molecular weight is 649 g/mol. The minimum Gasteiger partial charge on any atom is -0.444 e. The molecule has 1 N–H and O–H groups in total. The zero-order valence-electron chi connectivity index (χ0n) is 25.3. The lowest BCUT2D eigenvalue weighted by Gasteiger charge is -2.35. The minimum absolute atomic E-state index is 0.0511. The standard InChI is InChI=1S/C29H32F4N8O5/c1-28(2,3)46-26(42)40-8-6-39(7-9-40)25-35-13-17(14-36-25)19-10-22-21(11-20(19)30)41(27(43)44-22)15-18-5-4-16(12-34-18)23-37-38-24(45-23)29(31,32)33/h5,11,13-14,16,19,34H,4,6-10,12,15H2,1-3H3. The molecule has 1 amide bonds. The number of anilines is 1. The van der Waals surface area contributed by atoms with Crippen LogP contribution in [0.1, 0.15) is 67.8 Å². The number of hydrogen-bond donors (Lipinski definition) is 1. The molecule has 1 aliphatic carbocycles. The van der Waals surface area contributed by atoms with E-state index in [0.717, 1.165) is 0 Å². The summed E-state index contributed by atoms with van der Waals surface area (Å²) in [6, 6.07) is 0. The number of rotatable bonds is 5. The van der Waals surface area contributed by atoms with Gasteiger partial charge in [-0.25, -0.2) is 23.9 Å². The van der Waals surface area contributed by atoms with Gasteiger partial charge in [-0.15, -0.1) is 10.2 Å². The number of carbonyl (C=O) groups is 1. The van der Waals surface area contributed by atoms with E-state index >= 15 is 4.39 Å². The quantitative estimate of drug-likeness (QED) is 0.401. The fraction of sp³-hybridized carbons (Fsp3) is 0.517. The SMILES string of the molecule is CC(C)(C)OC(=O)N1CCN(c2ncc(C3Cc4oc(=O)n(CC5=CCC(c6nnc(C(F)(F)F)o6)CN5)c4C=C3F)cn2)CC1. The van der Waals surface area contributed by atoms with E-state index in [9.17, 15) is 22.8 Å². The maximum atomic E-state index is 15.5. The number of hydrogen-bond acceptors (Lipinski definition) is 11. The van der Waals surface area contributed by atoms with Crippen molar-refractivity contribution < 1.29 is 35.9 Å². The maximum Gasteiger partial charge on any atom is 0.470 e. The second kappa shape index (κ2) is 11.9. The Morgan fingerprint density at radius 2 is 1.80 bits per heavy atom. The lowest BCUT2D eigenvalue weighted by atomic mass is 9.90. The predicted molar refractivity (Wildman–Crippen MR) is 153 cm³/mol. The summed E-state index contributed by atoms with van der Waals surface area (Å²) >= 11 is 0. The van der Waals surface area contributed by atoms with Crippen molar-refractivity contribution in [3.63, 3.8) is 0 Å². The molecule has 2 unspecified atom stereocenters. The van der Waals surface area contributed by atoms with Crippen LogP contribution in [-0.2, 0) is 23.9 Å². The first-order valence-corrected chi connectivity index (χ1v) is 14.7. The molecule has 0 radical (unpaired) electrons. The van der Waals surface area contributed by atoms with Crippen molar-refractivity contribution in [2.45, 2.75) is 63.8 Å². The summed E-state index contributed by atoms with van der Waals surface area (Å²) in [4.78, 5) is 37.6. The third kappa shape index (κ3) is 6.62. The third-order valence-corrected chi connectivity index (χ3v) is 7.86. The van der Waals surface area contributed by atoms with E-state index in [-0.39, 0.29) is 31.5 Å². The van der Waals surface area contributed by atoms with Crippen LogP contribution in [0.2, 0.25) is 0 Å². The summed E-state index contributed by atoms with van der Waals surface area (Å²) in [5, 5.41) is 9.65. The number of alkyl halides is 3. The fourth-order valence-electron chi connectivity index (χ4n) is 5.48. The number of amides is 1. The molecule has 0 spiro atoms. The molecule has 3 aliphatic rings. The first-order chi connectivity index (χ1) is 21.7. The van der Waals surface area contributed by atoms with E-state index in [1.54, 1.807) is 23.4 Å². The number of halogens is 4. The summed E-state index contributed by atoms with van der Waals surface area (Å²) in [5.41, 5.74) is 0.856. The predicted octanol–water partition coefficient (Wildman–Crippen LogP) is 4.00. The number of fused-ring (bicyclic) bond motifs is 1. The van der Waals surface area contributed by atoms with Crippen LogP contribution in [0, 0.1) is 0 Å². The van der Waals surface area contributed by atoms with E-state index < -0.39 is 41.1 Å². The number of allylic oxidation sites excluding steroid dienone is 3. The van der Waals surface area contributed by atoms with Gasteiger partial charge in [-0.05, 0) is 38.8 Å². The van der Waals surface area contributed by atoms with E-state index in [4.69, 9.17) is 13.6 Å². The van der Waals surface area contributed by atoms with E-state index in [0.29, 0.717) is 61.3 Å². The summed E-state index contributed by atoms with van der Waals surface area (Å²) in [6.45, 7) is 7.64. The van der Waals surface area contributed by atoms with Crippen LogP contribution >= 0.6 is 0 Å². The summed E-state index contributed by atoms with van der Waals surface area (Å²) in [7, 11) is 0. The molecule has 3 aromatic heterocycles. The van der Waals surface area contributed by atoms with Gasteiger partial charge in [-0.1, -0.05) is 6.08 Å². The molecule has 0 saturated carbocycles. The molecule has 1 saturated heterocycles. The highest BCUT2D eigenvalue weighted by molar-refractivity contribution is 5.68. The number of carbonyl (C=O) groups excluding carboxylic acids is 1. The maximum absolute atomic E-state index is 15.5. The van der Waals surface area contributed by atoms with Gasteiger partial charge in [-0.3, -0.25) is 4.57 Å². The molecule has 5 heterocycles. The van der Waals surface area contributed by atoms with Crippen molar-refractivity contribution in [1.82, 2.24) is 34.9 Å². The molecule has 0 aromatic carbocycles. The molecule has 246 valence electrons. The van der Waals surface area contributed by atoms with Gasteiger partial charge >= 0.3 is 23.9 Å². The molecule has 6 rings (SSSR count). The van der Waals surface area contributed by atoms with Gasteiger partial charge in [-0.2, -0.15) is 13.2 Å². The Hall–Kier alpha value is -4.70. The zero-order valence-corrected chi connectivity index (χ0v) is 25.3. The molecule has 2 aliphatic heterocycles. The van der Waals surface area contributed by atoms with Crippen molar-refractivity contribution in [2.75, 3.05) is 37.6 Å². The normalized spacial score (nSPS) is 20.5. The van der Waals surface area contributed by atoms with Gasteiger partial charge in [0.25, 0.3) is 0 Å². The van der Waals surface area contributed by atoms with Crippen molar-refractivity contribution in [2.24, 2.45) is 0 Å². The topological polar surface area (TPSA) is 145 Å². The zero-order chi connectivity index (χ0) is 32.8. The summed E-state index contributed by atoms with van der Waals surface area (Å²) < 4.78 is 70.9. The minimum atomic E-state index is -4.73. The van der Waals surface area contributed by atoms with Crippen molar-refractivity contribution in [3.8, 4) is 0 Å². The van der Waals surface area contributed by atoms with Gasteiger partial charge in [0.15, 0.2) is 0 Å². The molecule has 46 heavy (non-hydrogen) atoms. The average Bonchev–Trinajstić information content (AvgIpc) is 3.62. The molecule has 3 aromatic rings. The third-order valence-electron chi connectivity index (χ3n) is 7.86. The molecule has 1 fully saturated rings. The largest absolute Gasteiger partial charge is 0.470 e. The van der Waals surface area contributed by atoms with Gasteiger partial charge in [0, 0.05) is 63.2 Å². The summed E-state index contributed by atoms with van der Waals surface area (Å²) in [6.07, 6.45) is 1.39. The van der Waals surface area contributed by atoms with Gasteiger partial charge in [0.1, 0.15) is 17.2 Å². The Kier molecular flexibility index (Phi) is 8.10. The highest BCUT2D eigenvalue weighted by atomic mass is 19.4. The molecular formula is C29H32F4N8O5. The second-order valence-corrected chi connectivity index (χ2v) is 12.3. The summed E-state index contributed by atoms with van der Waals surface area (Å²) in [5.74, 6) is -3.12. The van der Waals surface area contributed by atoms with Crippen LogP contribution in [-0.4, -0.2) is 74.1 Å². The Morgan fingerprint density at radius 3 is 2.41 bits per heavy atom. The van der Waals surface area contributed by atoms with Gasteiger partial charge in [0.2, 0.25) is 11.8 Å². The van der Waals surface area contributed by atoms with Crippen LogP contribution in [0.5, 0.6) is 0 Å². The monoisotopic (exact) mass is 648 g/mol. The van der Waals surface area contributed by atoms with Crippen LogP contribution in [0.25, 0.3) is 6.08 Å². The Balaban J connectivity index is 1.08. The fourth-order valence-corrected chi connectivity index (χ4v) is 5.48. The van der Waals surface area contributed by atoms with Crippen molar-refractivity contribution in [3.05, 3.63) is 69.3 Å². The van der Waals surface area contributed by atoms with E-state index in [1.165, 1.54) is 10.6 Å². The number of aromatic nitrogens is 5. The van der Waals surface area contributed by atoms with E-state index in [2.05, 4.69) is 25.5 Å². The van der Waals surface area contributed by atoms with Gasteiger partial charge in [0.05, 0.1) is 18.2 Å². The number of oxazole rings is 1. The highest BCUT2D eigenvalue weighted by Gasteiger charge is 2.39. The molecular weight excluding hydrogens is 616 g/mol. The highest BCUT2D eigenvalue weighted by Crippen LogP contribution is 2.36. The van der Waals surface area contributed by atoms with Crippen LogP contribution in [0.15, 0.2) is 43.6 Å².